The van der Waals surface area contributed by atoms with Crippen molar-refractivity contribution in [3.05, 3.63) is 41.4 Å². The molecule has 1 aliphatic heterocycles. The van der Waals surface area contributed by atoms with E-state index in [0.29, 0.717) is 31.2 Å². The van der Waals surface area contributed by atoms with Crippen LogP contribution in [0, 0.1) is 0 Å². The van der Waals surface area contributed by atoms with E-state index in [4.69, 9.17) is 11.6 Å². The number of hydrogen-bond acceptors (Lipinski definition) is 5. The van der Waals surface area contributed by atoms with Crippen LogP contribution in [0.5, 0.6) is 17.2 Å². The van der Waals surface area contributed by atoms with Gasteiger partial charge in [0.2, 0.25) is 0 Å². The molecule has 132 valence electrons. The minimum Gasteiger partial charge on any atom is -0.504 e. The Morgan fingerprint density at radius 1 is 1.00 bits per heavy atom. The van der Waals surface area contributed by atoms with E-state index in [1.54, 1.807) is 4.90 Å². The van der Waals surface area contributed by atoms with Crippen LogP contribution in [0.1, 0.15) is 0 Å². The van der Waals surface area contributed by atoms with E-state index in [2.05, 4.69) is 10.2 Å². The number of urea groups is 1. The van der Waals surface area contributed by atoms with Gasteiger partial charge < -0.3 is 30.4 Å². The third kappa shape index (κ3) is 3.83. The van der Waals surface area contributed by atoms with Crippen LogP contribution < -0.4 is 10.2 Å². The summed E-state index contributed by atoms with van der Waals surface area (Å²) >= 11 is 6.01. The standard InChI is InChI=1S/C17H18ClN3O4/c18-11-2-1-3-13(8-11)20-4-6-21(7-5-20)17(25)19-12-9-14(22)16(24)15(23)10-12/h1-3,8-10,22-24H,4-7H2,(H,19,25). The summed E-state index contributed by atoms with van der Waals surface area (Å²) in [5.41, 5.74) is 1.22. The van der Waals surface area contributed by atoms with Gasteiger partial charge >= 0.3 is 6.03 Å². The van der Waals surface area contributed by atoms with Crippen LogP contribution in [0.25, 0.3) is 0 Å². The zero-order valence-electron chi connectivity index (χ0n) is 13.3. The van der Waals surface area contributed by atoms with E-state index < -0.39 is 17.2 Å². The van der Waals surface area contributed by atoms with Gasteiger partial charge in [-0.05, 0) is 18.2 Å². The van der Waals surface area contributed by atoms with Crippen molar-refractivity contribution in [2.24, 2.45) is 0 Å². The topological polar surface area (TPSA) is 96.3 Å². The Morgan fingerprint density at radius 3 is 2.24 bits per heavy atom. The minimum atomic E-state index is -0.617. The van der Waals surface area contributed by atoms with Crippen molar-refractivity contribution in [3.63, 3.8) is 0 Å². The highest BCUT2D eigenvalue weighted by Gasteiger charge is 2.22. The average Bonchev–Trinajstić information content (AvgIpc) is 2.59. The molecule has 25 heavy (non-hydrogen) atoms. The van der Waals surface area contributed by atoms with Crippen molar-refractivity contribution in [2.75, 3.05) is 36.4 Å². The molecule has 1 heterocycles. The molecule has 0 aliphatic carbocycles. The summed E-state index contributed by atoms with van der Waals surface area (Å²) in [6.45, 7) is 2.38. The van der Waals surface area contributed by atoms with E-state index in [-0.39, 0.29) is 11.7 Å². The SMILES string of the molecule is O=C(Nc1cc(O)c(O)c(O)c1)N1CCN(c2cccc(Cl)c2)CC1. The summed E-state index contributed by atoms with van der Waals surface area (Å²) in [5, 5.41) is 31.6. The highest BCUT2D eigenvalue weighted by molar-refractivity contribution is 6.30. The van der Waals surface area contributed by atoms with E-state index in [9.17, 15) is 20.1 Å². The number of aromatic hydroxyl groups is 3. The number of amides is 2. The van der Waals surface area contributed by atoms with Crippen molar-refractivity contribution < 1.29 is 20.1 Å². The largest absolute Gasteiger partial charge is 0.504 e. The summed E-state index contributed by atoms with van der Waals surface area (Å²) < 4.78 is 0. The van der Waals surface area contributed by atoms with Crippen LogP contribution in [0.2, 0.25) is 5.02 Å². The molecule has 0 radical (unpaired) electrons. The van der Waals surface area contributed by atoms with E-state index in [0.717, 1.165) is 5.69 Å². The Hall–Kier alpha value is -2.80. The molecule has 1 aliphatic rings. The molecule has 0 unspecified atom stereocenters. The highest BCUT2D eigenvalue weighted by atomic mass is 35.5. The van der Waals surface area contributed by atoms with Crippen molar-refractivity contribution in [2.45, 2.75) is 0 Å². The number of phenols is 3. The van der Waals surface area contributed by atoms with Crippen molar-refractivity contribution >= 4 is 29.0 Å². The van der Waals surface area contributed by atoms with Crippen LogP contribution in [0.4, 0.5) is 16.2 Å². The Bertz CT molecular complexity index is 768. The predicted octanol–water partition coefficient (Wildman–Crippen LogP) is 2.81. The number of halogens is 1. The van der Waals surface area contributed by atoms with Gasteiger partial charge in [-0.1, -0.05) is 17.7 Å². The van der Waals surface area contributed by atoms with Gasteiger partial charge in [0.15, 0.2) is 17.2 Å². The third-order valence-corrected chi connectivity index (χ3v) is 4.30. The van der Waals surface area contributed by atoms with Gasteiger partial charge in [0.05, 0.1) is 5.69 Å². The monoisotopic (exact) mass is 363 g/mol. The maximum atomic E-state index is 12.3. The highest BCUT2D eigenvalue weighted by Crippen LogP contribution is 2.37. The molecule has 3 rings (SSSR count). The fraction of sp³-hybridized carbons (Fsp3) is 0.235. The molecule has 0 atom stereocenters. The second-order valence-corrected chi connectivity index (χ2v) is 6.18. The number of rotatable bonds is 2. The molecule has 0 saturated carbocycles. The predicted molar refractivity (Wildman–Crippen MR) is 95.7 cm³/mol. The first-order valence-corrected chi connectivity index (χ1v) is 8.13. The second kappa shape index (κ2) is 6.98. The fourth-order valence-corrected chi connectivity index (χ4v) is 2.90. The summed E-state index contributed by atoms with van der Waals surface area (Å²) in [4.78, 5) is 16.1. The normalized spacial score (nSPS) is 14.4. The number of carbonyl (C=O) groups is 1. The number of hydrogen-bond donors (Lipinski definition) is 4. The van der Waals surface area contributed by atoms with Crippen LogP contribution in [0.15, 0.2) is 36.4 Å². The molecular formula is C17H18ClN3O4. The second-order valence-electron chi connectivity index (χ2n) is 5.75. The number of piperazine rings is 1. The summed E-state index contributed by atoms with van der Waals surface area (Å²) in [6.07, 6.45) is 0. The van der Waals surface area contributed by atoms with Gasteiger partial charge in [-0.3, -0.25) is 0 Å². The van der Waals surface area contributed by atoms with Crippen molar-refractivity contribution in [3.8, 4) is 17.2 Å². The number of benzene rings is 2. The van der Waals surface area contributed by atoms with Crippen molar-refractivity contribution in [1.82, 2.24) is 4.90 Å². The molecule has 0 aromatic heterocycles. The first kappa shape index (κ1) is 17.0. The van der Waals surface area contributed by atoms with Crippen LogP contribution in [0.3, 0.4) is 0 Å². The molecule has 8 heteroatoms. The van der Waals surface area contributed by atoms with Gasteiger partial charge in [0, 0.05) is 49.0 Å². The summed E-state index contributed by atoms with van der Waals surface area (Å²) in [5.74, 6) is -1.62. The lowest BCUT2D eigenvalue weighted by molar-refractivity contribution is 0.208. The molecular weight excluding hydrogens is 346 g/mol. The summed E-state index contributed by atoms with van der Waals surface area (Å²) in [6, 6.07) is 9.58. The van der Waals surface area contributed by atoms with Crippen LogP contribution in [-0.4, -0.2) is 52.4 Å². The quantitative estimate of drug-likeness (QED) is 0.486. The molecule has 0 bridgehead atoms. The lowest BCUT2D eigenvalue weighted by Crippen LogP contribution is -2.50. The van der Waals surface area contributed by atoms with Crippen molar-refractivity contribution in [1.29, 1.82) is 0 Å². The van der Waals surface area contributed by atoms with Gasteiger partial charge in [0.1, 0.15) is 0 Å². The average molecular weight is 364 g/mol. The van der Waals surface area contributed by atoms with Gasteiger partial charge in [-0.25, -0.2) is 4.79 Å². The van der Waals surface area contributed by atoms with Gasteiger partial charge in [0.25, 0.3) is 0 Å². The van der Waals surface area contributed by atoms with E-state index in [1.807, 2.05) is 24.3 Å². The molecule has 2 amide bonds. The Morgan fingerprint density at radius 2 is 1.64 bits per heavy atom. The van der Waals surface area contributed by atoms with E-state index >= 15 is 0 Å². The molecule has 7 nitrogen and oxygen atoms in total. The van der Waals surface area contributed by atoms with Crippen LogP contribution >= 0.6 is 11.6 Å². The molecule has 4 N–H and O–H groups in total. The first-order chi connectivity index (χ1) is 11.9. The Kier molecular flexibility index (Phi) is 4.76. The third-order valence-electron chi connectivity index (χ3n) is 4.06. The molecule has 1 fully saturated rings. The molecule has 1 saturated heterocycles. The molecule has 2 aromatic rings. The zero-order chi connectivity index (χ0) is 18.0. The lowest BCUT2D eigenvalue weighted by atomic mass is 10.2. The molecule has 0 spiro atoms. The van der Waals surface area contributed by atoms with Crippen LogP contribution in [-0.2, 0) is 0 Å². The number of carbonyl (C=O) groups excluding carboxylic acids is 1. The fourth-order valence-electron chi connectivity index (χ4n) is 2.72. The Balaban J connectivity index is 1.60. The number of anilines is 2. The number of nitrogens with one attached hydrogen (secondary N) is 1. The lowest BCUT2D eigenvalue weighted by Gasteiger charge is -2.36. The number of nitrogens with zero attached hydrogens (tertiary/aromatic N) is 2. The number of phenolic OH excluding ortho intramolecular Hbond substituents is 3. The minimum absolute atomic E-state index is 0.204. The Labute approximate surface area is 149 Å². The zero-order valence-corrected chi connectivity index (χ0v) is 14.1. The maximum Gasteiger partial charge on any atom is 0.321 e. The van der Waals surface area contributed by atoms with Gasteiger partial charge in [-0.15, -0.1) is 0 Å². The smallest absolute Gasteiger partial charge is 0.321 e. The molecule has 2 aromatic carbocycles. The maximum absolute atomic E-state index is 12.3. The summed E-state index contributed by atoms with van der Waals surface area (Å²) in [7, 11) is 0. The first-order valence-electron chi connectivity index (χ1n) is 7.75. The van der Waals surface area contributed by atoms with E-state index in [1.165, 1.54) is 12.1 Å². The van der Waals surface area contributed by atoms with Gasteiger partial charge in [-0.2, -0.15) is 0 Å².